The molecule has 1 N–H and O–H groups in total. The monoisotopic (exact) mass is 466 g/mol. The highest BCUT2D eigenvalue weighted by Gasteiger charge is 2.42. The second-order valence-electron chi connectivity index (χ2n) is 9.35. The van der Waals surface area contributed by atoms with E-state index >= 15 is 0 Å². The molecule has 0 atom stereocenters. The maximum absolute atomic E-state index is 13.1. The first-order valence-corrected chi connectivity index (χ1v) is 13.1. The third-order valence-corrected chi connectivity index (χ3v) is 8.50. The minimum absolute atomic E-state index is 0.116. The van der Waals surface area contributed by atoms with E-state index < -0.39 is 0 Å². The number of nitrogens with zero attached hydrogens (tertiary/aromatic N) is 3. The summed E-state index contributed by atoms with van der Waals surface area (Å²) in [5.74, 6) is 0.116. The molecule has 2 aliphatic heterocycles. The lowest BCUT2D eigenvalue weighted by Gasteiger charge is -2.39. The highest BCUT2D eigenvalue weighted by molar-refractivity contribution is 7.98. The molecule has 0 saturated carbocycles. The van der Waals surface area contributed by atoms with Crippen molar-refractivity contribution in [3.8, 4) is 0 Å². The van der Waals surface area contributed by atoms with Crippen molar-refractivity contribution < 1.29 is 4.79 Å². The number of thioether (sulfide) groups is 1. The minimum Gasteiger partial charge on any atom is -0.359 e. The van der Waals surface area contributed by atoms with Gasteiger partial charge in [-0.2, -0.15) is 0 Å². The van der Waals surface area contributed by atoms with Crippen LogP contribution in [0.25, 0.3) is 0 Å². The van der Waals surface area contributed by atoms with Crippen molar-refractivity contribution in [2.45, 2.75) is 43.2 Å². The first-order valence-electron chi connectivity index (χ1n) is 11.5. The number of aromatic nitrogens is 1. The van der Waals surface area contributed by atoms with Crippen molar-refractivity contribution in [2.75, 3.05) is 32.4 Å². The average Bonchev–Trinajstić information content (AvgIpc) is 3.43. The van der Waals surface area contributed by atoms with Crippen LogP contribution in [-0.2, 0) is 12.8 Å². The van der Waals surface area contributed by atoms with Crippen LogP contribution in [0.2, 0.25) is 0 Å². The summed E-state index contributed by atoms with van der Waals surface area (Å²) in [5.41, 5.74) is 3.90. The van der Waals surface area contributed by atoms with E-state index in [9.17, 15) is 4.79 Å². The fourth-order valence-corrected chi connectivity index (χ4v) is 6.38. The molecule has 1 aliphatic carbocycles. The molecule has 2 fully saturated rings. The second kappa shape index (κ2) is 9.02. The largest absolute Gasteiger partial charge is 0.359 e. The molecule has 168 valence electrons. The summed E-state index contributed by atoms with van der Waals surface area (Å²) in [4.78, 5) is 21.8. The topological polar surface area (TPSA) is 48.5 Å². The Hall–Kier alpha value is -2.12. The number of pyridine rings is 1. The van der Waals surface area contributed by atoms with Crippen LogP contribution in [0.4, 0.5) is 0 Å². The second-order valence-corrected chi connectivity index (χ2v) is 10.5. The van der Waals surface area contributed by atoms with Crippen molar-refractivity contribution >= 4 is 35.0 Å². The normalized spacial score (nSPS) is 19.9. The van der Waals surface area contributed by atoms with E-state index in [0.717, 1.165) is 74.0 Å². The molecule has 1 aromatic carbocycles. The zero-order chi connectivity index (χ0) is 22.1. The molecule has 2 aromatic rings. The average molecular weight is 467 g/mol. The highest BCUT2D eigenvalue weighted by atomic mass is 32.2. The van der Waals surface area contributed by atoms with Gasteiger partial charge in [0.15, 0.2) is 5.11 Å². The number of hydrogen-bond donors (Lipinski definition) is 1. The van der Waals surface area contributed by atoms with Gasteiger partial charge in [-0.05, 0) is 79.3 Å². The standard InChI is InChI=1S/C25H30N4OS2/c1-32-22-21(7-4-11-26-22)23(30)28-12-8-25(9-13-28)10-14-29(17-25)24(31)27-20-15-18-5-2-3-6-19(18)16-20/h2-7,11,20H,8-10,12-17H2,1H3,(H,27,31). The van der Waals surface area contributed by atoms with Crippen LogP contribution < -0.4 is 5.32 Å². The van der Waals surface area contributed by atoms with E-state index in [1.807, 2.05) is 23.3 Å². The van der Waals surface area contributed by atoms with Crippen molar-refractivity contribution in [1.29, 1.82) is 0 Å². The molecular weight excluding hydrogens is 436 g/mol. The summed E-state index contributed by atoms with van der Waals surface area (Å²) in [6.45, 7) is 3.64. The van der Waals surface area contributed by atoms with Crippen molar-refractivity contribution in [1.82, 2.24) is 20.1 Å². The maximum atomic E-state index is 13.1. The predicted molar refractivity (Wildman–Crippen MR) is 133 cm³/mol. The number of rotatable bonds is 3. The lowest BCUT2D eigenvalue weighted by atomic mass is 9.77. The van der Waals surface area contributed by atoms with Crippen LogP contribution in [0.1, 0.15) is 40.7 Å². The first-order chi connectivity index (χ1) is 15.6. The van der Waals surface area contributed by atoms with Crippen LogP contribution in [0.3, 0.4) is 0 Å². The molecule has 2 saturated heterocycles. The molecule has 3 heterocycles. The fraction of sp³-hybridized carbons (Fsp3) is 0.480. The van der Waals surface area contributed by atoms with Gasteiger partial charge in [-0.1, -0.05) is 24.3 Å². The zero-order valence-electron chi connectivity index (χ0n) is 18.5. The summed E-state index contributed by atoms with van der Waals surface area (Å²) >= 11 is 7.34. The van der Waals surface area contributed by atoms with E-state index in [4.69, 9.17) is 12.2 Å². The number of amides is 1. The number of likely N-dealkylation sites (tertiary alicyclic amines) is 2. The first kappa shape index (κ1) is 21.7. The molecule has 32 heavy (non-hydrogen) atoms. The smallest absolute Gasteiger partial charge is 0.256 e. The molecular formula is C25H30N4OS2. The lowest BCUT2D eigenvalue weighted by Crippen LogP contribution is -2.47. The molecule has 1 amide bonds. The van der Waals surface area contributed by atoms with E-state index in [1.54, 1.807) is 6.20 Å². The Balaban J connectivity index is 1.15. The van der Waals surface area contributed by atoms with Crippen molar-refractivity contribution in [2.24, 2.45) is 5.41 Å². The van der Waals surface area contributed by atoms with Gasteiger partial charge in [0.2, 0.25) is 0 Å². The molecule has 3 aliphatic rings. The van der Waals surface area contributed by atoms with Crippen LogP contribution in [0.5, 0.6) is 0 Å². The molecule has 0 radical (unpaired) electrons. The SMILES string of the molecule is CSc1ncccc1C(=O)N1CCC2(CC1)CCN(C(=S)NC1Cc3ccccc3C1)C2. The zero-order valence-corrected chi connectivity index (χ0v) is 20.2. The summed E-state index contributed by atoms with van der Waals surface area (Å²) in [6.07, 6.45) is 9.08. The number of piperidine rings is 1. The Morgan fingerprint density at radius 3 is 2.38 bits per heavy atom. The maximum Gasteiger partial charge on any atom is 0.256 e. The number of nitrogens with one attached hydrogen (secondary N) is 1. The Morgan fingerprint density at radius 1 is 1.06 bits per heavy atom. The van der Waals surface area contributed by atoms with Gasteiger partial charge in [-0.25, -0.2) is 4.98 Å². The third-order valence-electron chi connectivity index (χ3n) is 7.41. The van der Waals surface area contributed by atoms with Crippen LogP contribution in [0.15, 0.2) is 47.6 Å². The van der Waals surface area contributed by atoms with Gasteiger partial charge in [0, 0.05) is 38.4 Å². The summed E-state index contributed by atoms with van der Waals surface area (Å²) in [7, 11) is 0. The van der Waals surface area contributed by atoms with Crippen LogP contribution >= 0.6 is 24.0 Å². The molecule has 1 aromatic heterocycles. The quantitative estimate of drug-likeness (QED) is 0.549. The Labute approximate surface area is 200 Å². The third kappa shape index (κ3) is 4.25. The molecule has 0 bridgehead atoms. The Bertz CT molecular complexity index is 994. The molecule has 5 nitrogen and oxygen atoms in total. The molecule has 1 spiro atoms. The Morgan fingerprint density at radius 2 is 1.72 bits per heavy atom. The van der Waals surface area contributed by atoms with Gasteiger partial charge in [0.25, 0.3) is 5.91 Å². The Kier molecular flexibility index (Phi) is 6.12. The highest BCUT2D eigenvalue weighted by Crippen LogP contribution is 2.41. The van der Waals surface area contributed by atoms with Crippen LogP contribution in [0, 0.1) is 5.41 Å². The minimum atomic E-state index is 0.116. The number of hydrogen-bond acceptors (Lipinski definition) is 4. The summed E-state index contributed by atoms with van der Waals surface area (Å²) < 4.78 is 0. The number of carbonyl (C=O) groups is 1. The van der Waals surface area contributed by atoms with Crippen LogP contribution in [-0.4, -0.2) is 64.3 Å². The van der Waals surface area contributed by atoms with Gasteiger partial charge in [0.05, 0.1) is 5.56 Å². The van der Waals surface area contributed by atoms with Crippen molar-refractivity contribution in [3.05, 3.63) is 59.3 Å². The molecule has 0 unspecified atom stereocenters. The number of carbonyl (C=O) groups excluding carboxylic acids is 1. The fourth-order valence-electron chi connectivity index (χ4n) is 5.51. The van der Waals surface area contributed by atoms with Gasteiger partial charge in [-0.15, -0.1) is 11.8 Å². The van der Waals surface area contributed by atoms with E-state index in [-0.39, 0.29) is 11.3 Å². The molecule has 5 rings (SSSR count). The number of benzene rings is 1. The van der Waals surface area contributed by atoms with Gasteiger partial charge in [0.1, 0.15) is 5.03 Å². The summed E-state index contributed by atoms with van der Waals surface area (Å²) in [5, 5.41) is 5.35. The molecule has 7 heteroatoms. The van der Waals surface area contributed by atoms with E-state index in [1.165, 1.54) is 22.9 Å². The van der Waals surface area contributed by atoms with Gasteiger partial charge in [-0.3, -0.25) is 4.79 Å². The van der Waals surface area contributed by atoms with E-state index in [2.05, 4.69) is 39.5 Å². The number of fused-ring (bicyclic) bond motifs is 1. The summed E-state index contributed by atoms with van der Waals surface area (Å²) in [6, 6.07) is 12.9. The lowest BCUT2D eigenvalue weighted by molar-refractivity contribution is 0.0594. The predicted octanol–water partition coefficient (Wildman–Crippen LogP) is 3.77. The van der Waals surface area contributed by atoms with Crippen molar-refractivity contribution in [3.63, 3.8) is 0 Å². The number of thiocarbonyl (C=S) groups is 1. The van der Waals surface area contributed by atoms with Gasteiger partial charge < -0.3 is 15.1 Å². The van der Waals surface area contributed by atoms with Gasteiger partial charge >= 0.3 is 0 Å². The van der Waals surface area contributed by atoms with E-state index in [0.29, 0.717) is 6.04 Å².